The Labute approximate surface area is 113 Å². The molecule has 2 aromatic carbocycles. The highest BCUT2D eigenvalue weighted by atomic mass is 16.1. The van der Waals surface area contributed by atoms with Gasteiger partial charge >= 0.3 is 0 Å². The van der Waals surface area contributed by atoms with E-state index in [1.54, 1.807) is 0 Å². The van der Waals surface area contributed by atoms with Gasteiger partial charge < -0.3 is 11.1 Å². The van der Waals surface area contributed by atoms with Crippen molar-refractivity contribution in [1.29, 1.82) is 0 Å². The summed E-state index contributed by atoms with van der Waals surface area (Å²) in [4.78, 5) is 12.0. The average molecular weight is 256 g/mol. The molecule has 1 amide bonds. The Morgan fingerprint density at radius 3 is 2.68 bits per heavy atom. The van der Waals surface area contributed by atoms with Crippen molar-refractivity contribution in [3.05, 3.63) is 42.5 Å². The van der Waals surface area contributed by atoms with Crippen LogP contribution in [0.3, 0.4) is 0 Å². The monoisotopic (exact) mass is 256 g/mol. The van der Waals surface area contributed by atoms with Gasteiger partial charge in [-0.05, 0) is 42.3 Å². The van der Waals surface area contributed by atoms with Crippen LogP contribution in [0.1, 0.15) is 19.8 Å². The number of carbonyl (C=O) groups is 1. The van der Waals surface area contributed by atoms with E-state index in [9.17, 15) is 4.79 Å². The molecule has 0 radical (unpaired) electrons. The molecule has 3 nitrogen and oxygen atoms in total. The molecule has 3 heteroatoms. The predicted octanol–water partition coefficient (Wildman–Crippen LogP) is 3.15. The van der Waals surface area contributed by atoms with Crippen LogP contribution < -0.4 is 11.1 Å². The molecule has 2 rings (SSSR count). The van der Waals surface area contributed by atoms with Crippen molar-refractivity contribution in [1.82, 2.24) is 0 Å². The summed E-state index contributed by atoms with van der Waals surface area (Å²) in [5.41, 5.74) is 6.31. The summed E-state index contributed by atoms with van der Waals surface area (Å²) >= 11 is 0. The summed E-state index contributed by atoms with van der Waals surface area (Å²) in [6, 6.07) is 14.1. The van der Waals surface area contributed by atoms with Crippen LogP contribution >= 0.6 is 0 Å². The van der Waals surface area contributed by atoms with E-state index in [-0.39, 0.29) is 11.8 Å². The third-order valence-corrected chi connectivity index (χ3v) is 3.31. The first-order chi connectivity index (χ1) is 9.20. The summed E-state index contributed by atoms with van der Waals surface area (Å²) in [5.74, 6) is 0.0544. The van der Waals surface area contributed by atoms with Crippen molar-refractivity contribution in [2.45, 2.75) is 19.8 Å². The Morgan fingerprint density at radius 1 is 1.21 bits per heavy atom. The molecule has 100 valence electrons. The van der Waals surface area contributed by atoms with E-state index in [1.807, 2.05) is 43.3 Å². The SMILES string of the molecule is CC(CCCN)C(=O)Nc1ccc2ccccc2c1. The second kappa shape index (κ2) is 6.34. The number of hydrogen-bond donors (Lipinski definition) is 2. The number of anilines is 1. The Balaban J connectivity index is 2.06. The maximum atomic E-state index is 12.0. The molecule has 0 saturated heterocycles. The van der Waals surface area contributed by atoms with Crippen LogP contribution in [0.15, 0.2) is 42.5 Å². The van der Waals surface area contributed by atoms with Gasteiger partial charge in [0.25, 0.3) is 0 Å². The molecular formula is C16H20N2O. The quantitative estimate of drug-likeness (QED) is 0.863. The first kappa shape index (κ1) is 13.6. The van der Waals surface area contributed by atoms with Crippen molar-refractivity contribution in [3.8, 4) is 0 Å². The largest absolute Gasteiger partial charge is 0.330 e. The summed E-state index contributed by atoms with van der Waals surface area (Å²) in [7, 11) is 0. The zero-order chi connectivity index (χ0) is 13.7. The van der Waals surface area contributed by atoms with E-state index in [0.717, 1.165) is 23.9 Å². The maximum absolute atomic E-state index is 12.0. The normalized spacial score (nSPS) is 12.3. The number of nitrogens with two attached hydrogens (primary N) is 1. The highest BCUT2D eigenvalue weighted by molar-refractivity contribution is 5.95. The molecule has 0 bridgehead atoms. The minimum absolute atomic E-state index is 0.00461. The molecule has 1 unspecified atom stereocenters. The number of carbonyl (C=O) groups excluding carboxylic acids is 1. The lowest BCUT2D eigenvalue weighted by molar-refractivity contribution is -0.119. The number of benzene rings is 2. The van der Waals surface area contributed by atoms with Gasteiger partial charge in [-0.1, -0.05) is 37.3 Å². The third kappa shape index (κ3) is 3.55. The molecule has 0 heterocycles. The lowest BCUT2D eigenvalue weighted by Crippen LogP contribution is -2.21. The number of nitrogens with one attached hydrogen (secondary N) is 1. The Morgan fingerprint density at radius 2 is 1.95 bits per heavy atom. The molecule has 0 aliphatic rings. The van der Waals surface area contributed by atoms with Crippen LogP contribution in [0.4, 0.5) is 5.69 Å². The van der Waals surface area contributed by atoms with E-state index in [2.05, 4.69) is 11.4 Å². The van der Waals surface area contributed by atoms with Gasteiger partial charge in [-0.25, -0.2) is 0 Å². The number of hydrogen-bond acceptors (Lipinski definition) is 2. The lowest BCUT2D eigenvalue weighted by Gasteiger charge is -2.12. The fraction of sp³-hybridized carbons (Fsp3) is 0.312. The molecule has 1 atom stereocenters. The molecular weight excluding hydrogens is 236 g/mol. The minimum Gasteiger partial charge on any atom is -0.330 e. The van der Waals surface area contributed by atoms with E-state index in [0.29, 0.717) is 6.54 Å². The van der Waals surface area contributed by atoms with Gasteiger partial charge in [0, 0.05) is 11.6 Å². The zero-order valence-corrected chi connectivity index (χ0v) is 11.2. The number of amides is 1. The fourth-order valence-electron chi connectivity index (χ4n) is 2.09. The first-order valence-electron chi connectivity index (χ1n) is 6.70. The van der Waals surface area contributed by atoms with Crippen molar-refractivity contribution in [2.75, 3.05) is 11.9 Å². The third-order valence-electron chi connectivity index (χ3n) is 3.31. The molecule has 0 saturated carbocycles. The maximum Gasteiger partial charge on any atom is 0.227 e. The molecule has 0 aliphatic heterocycles. The van der Waals surface area contributed by atoms with Crippen LogP contribution in [0.2, 0.25) is 0 Å². The molecule has 0 fully saturated rings. The van der Waals surface area contributed by atoms with Crippen LogP contribution in [0.25, 0.3) is 10.8 Å². The smallest absolute Gasteiger partial charge is 0.227 e. The second-order valence-electron chi connectivity index (χ2n) is 4.88. The number of fused-ring (bicyclic) bond motifs is 1. The predicted molar refractivity (Wildman–Crippen MR) is 80.0 cm³/mol. The Kier molecular flexibility index (Phi) is 4.53. The Hall–Kier alpha value is -1.87. The summed E-state index contributed by atoms with van der Waals surface area (Å²) in [6.45, 7) is 2.57. The molecule has 0 spiro atoms. The van der Waals surface area contributed by atoms with Crippen LogP contribution in [0, 0.1) is 5.92 Å². The van der Waals surface area contributed by atoms with E-state index >= 15 is 0 Å². The molecule has 0 aliphatic carbocycles. The van der Waals surface area contributed by atoms with Crippen molar-refractivity contribution in [3.63, 3.8) is 0 Å². The average Bonchev–Trinajstić information content (AvgIpc) is 2.44. The van der Waals surface area contributed by atoms with Gasteiger partial charge in [-0.3, -0.25) is 4.79 Å². The minimum atomic E-state index is -0.00461. The van der Waals surface area contributed by atoms with E-state index in [4.69, 9.17) is 5.73 Å². The second-order valence-corrected chi connectivity index (χ2v) is 4.88. The van der Waals surface area contributed by atoms with Crippen LogP contribution in [0.5, 0.6) is 0 Å². The van der Waals surface area contributed by atoms with Gasteiger partial charge in [0.1, 0.15) is 0 Å². The highest BCUT2D eigenvalue weighted by Gasteiger charge is 2.12. The van der Waals surface area contributed by atoms with Gasteiger partial charge in [0.2, 0.25) is 5.91 Å². The van der Waals surface area contributed by atoms with Gasteiger partial charge in [-0.2, -0.15) is 0 Å². The van der Waals surface area contributed by atoms with Crippen LogP contribution in [-0.2, 0) is 4.79 Å². The van der Waals surface area contributed by atoms with Gasteiger partial charge in [0.15, 0.2) is 0 Å². The topological polar surface area (TPSA) is 55.1 Å². The van der Waals surface area contributed by atoms with Crippen molar-refractivity contribution >= 4 is 22.4 Å². The summed E-state index contributed by atoms with van der Waals surface area (Å²) in [5, 5.41) is 5.27. The molecule has 19 heavy (non-hydrogen) atoms. The van der Waals surface area contributed by atoms with Crippen molar-refractivity contribution < 1.29 is 4.79 Å². The molecule has 2 aromatic rings. The lowest BCUT2D eigenvalue weighted by atomic mass is 10.0. The molecule has 0 aromatic heterocycles. The standard InChI is InChI=1S/C16H20N2O/c1-12(5-4-10-17)16(19)18-15-9-8-13-6-2-3-7-14(13)11-15/h2-3,6-9,11-12H,4-5,10,17H2,1H3,(H,18,19). The summed E-state index contributed by atoms with van der Waals surface area (Å²) < 4.78 is 0. The highest BCUT2D eigenvalue weighted by Crippen LogP contribution is 2.19. The first-order valence-corrected chi connectivity index (χ1v) is 6.70. The summed E-state index contributed by atoms with van der Waals surface area (Å²) in [6.07, 6.45) is 1.71. The van der Waals surface area contributed by atoms with Gasteiger partial charge in [0.05, 0.1) is 0 Å². The fourth-order valence-corrected chi connectivity index (χ4v) is 2.09. The van der Waals surface area contributed by atoms with Crippen molar-refractivity contribution in [2.24, 2.45) is 11.7 Å². The van der Waals surface area contributed by atoms with E-state index in [1.165, 1.54) is 5.39 Å². The van der Waals surface area contributed by atoms with E-state index < -0.39 is 0 Å². The molecule has 3 N–H and O–H groups in total. The van der Waals surface area contributed by atoms with Gasteiger partial charge in [-0.15, -0.1) is 0 Å². The number of rotatable bonds is 5. The van der Waals surface area contributed by atoms with Crippen LogP contribution in [-0.4, -0.2) is 12.5 Å². The zero-order valence-electron chi connectivity index (χ0n) is 11.2. The Bertz CT molecular complexity index is 565.